The molecule has 0 aliphatic carbocycles. The van der Waals surface area contributed by atoms with Gasteiger partial charge in [0.25, 0.3) is 5.91 Å². The molecular weight excluding hydrogens is 456 g/mol. The van der Waals surface area contributed by atoms with Gasteiger partial charge in [0.15, 0.2) is 5.69 Å². The van der Waals surface area contributed by atoms with Gasteiger partial charge >= 0.3 is 0 Å². The second-order valence-electron chi connectivity index (χ2n) is 10.7. The Kier molecular flexibility index (Phi) is 9.92. The van der Waals surface area contributed by atoms with E-state index < -0.39 is 6.10 Å². The molecule has 1 aromatic carbocycles. The van der Waals surface area contributed by atoms with Crippen LogP contribution in [0.2, 0.25) is 0 Å². The molecule has 3 heterocycles. The number of nitrogens with zero attached hydrogens (tertiary/aromatic N) is 4. The number of aliphatic hydroxyl groups is 1. The number of rotatable bonds is 11. The Morgan fingerprint density at radius 3 is 2.44 bits per heavy atom. The SMILES string of the molecule is CC(C)COCC(O)CN1CCN(Cc2nc(C(=O)N3CCC(Cc4ccccc4)CC3)co2)CC1. The van der Waals surface area contributed by atoms with E-state index in [0.717, 1.165) is 58.5 Å². The van der Waals surface area contributed by atoms with E-state index in [1.165, 1.54) is 11.8 Å². The lowest BCUT2D eigenvalue weighted by Crippen LogP contribution is -2.48. The molecule has 2 aliphatic heterocycles. The highest BCUT2D eigenvalue weighted by Gasteiger charge is 2.26. The average Bonchev–Trinajstić information content (AvgIpc) is 3.34. The van der Waals surface area contributed by atoms with Crippen LogP contribution in [0.5, 0.6) is 0 Å². The van der Waals surface area contributed by atoms with Gasteiger partial charge in [0.2, 0.25) is 5.89 Å². The third-order valence-electron chi connectivity index (χ3n) is 7.09. The summed E-state index contributed by atoms with van der Waals surface area (Å²) in [5.41, 5.74) is 1.78. The summed E-state index contributed by atoms with van der Waals surface area (Å²) in [5, 5.41) is 10.2. The van der Waals surface area contributed by atoms with E-state index in [9.17, 15) is 9.90 Å². The Balaban J connectivity index is 1.16. The maximum atomic E-state index is 13.0. The smallest absolute Gasteiger partial charge is 0.275 e. The number of hydrogen-bond donors (Lipinski definition) is 1. The fourth-order valence-electron chi connectivity index (χ4n) is 5.04. The molecule has 1 unspecified atom stereocenters. The second kappa shape index (κ2) is 13.3. The third kappa shape index (κ3) is 8.13. The number of ether oxygens (including phenoxy) is 1. The summed E-state index contributed by atoms with van der Waals surface area (Å²) in [6, 6.07) is 10.6. The molecule has 8 nitrogen and oxygen atoms in total. The first-order valence-corrected chi connectivity index (χ1v) is 13.4. The lowest BCUT2D eigenvalue weighted by molar-refractivity contribution is -0.000850. The zero-order valence-electron chi connectivity index (χ0n) is 21.8. The predicted molar refractivity (Wildman–Crippen MR) is 139 cm³/mol. The van der Waals surface area contributed by atoms with Gasteiger partial charge in [-0.2, -0.15) is 0 Å². The van der Waals surface area contributed by atoms with Crippen LogP contribution in [0, 0.1) is 11.8 Å². The molecule has 1 aromatic heterocycles. The number of carbonyl (C=O) groups excluding carboxylic acids is 1. The first kappa shape index (κ1) is 26.8. The number of carbonyl (C=O) groups is 1. The molecule has 0 saturated carbocycles. The largest absolute Gasteiger partial charge is 0.447 e. The Hall–Kier alpha value is -2.26. The molecule has 2 fully saturated rings. The molecule has 1 N–H and O–H groups in total. The topological polar surface area (TPSA) is 82.3 Å². The minimum absolute atomic E-state index is 0.0262. The van der Waals surface area contributed by atoms with E-state index in [-0.39, 0.29) is 5.91 Å². The molecule has 2 aliphatic rings. The van der Waals surface area contributed by atoms with Gasteiger partial charge in [-0.1, -0.05) is 44.2 Å². The quantitative estimate of drug-likeness (QED) is 0.510. The van der Waals surface area contributed by atoms with E-state index in [0.29, 0.717) is 49.7 Å². The van der Waals surface area contributed by atoms with Crippen LogP contribution in [0.4, 0.5) is 0 Å². The van der Waals surface area contributed by atoms with Crippen molar-refractivity contribution in [3.05, 3.63) is 53.7 Å². The van der Waals surface area contributed by atoms with E-state index in [1.54, 1.807) is 0 Å². The van der Waals surface area contributed by atoms with Crippen molar-refractivity contribution in [2.24, 2.45) is 11.8 Å². The van der Waals surface area contributed by atoms with Gasteiger partial charge in [-0.05, 0) is 36.7 Å². The van der Waals surface area contributed by atoms with Crippen LogP contribution in [-0.2, 0) is 17.7 Å². The number of likely N-dealkylation sites (tertiary alicyclic amines) is 1. The van der Waals surface area contributed by atoms with Crippen molar-refractivity contribution < 1.29 is 19.1 Å². The number of piperazine rings is 1. The molecule has 198 valence electrons. The summed E-state index contributed by atoms with van der Waals surface area (Å²) in [7, 11) is 0. The number of aliphatic hydroxyl groups excluding tert-OH is 1. The zero-order valence-corrected chi connectivity index (χ0v) is 21.8. The zero-order chi connectivity index (χ0) is 25.3. The molecule has 2 saturated heterocycles. The third-order valence-corrected chi connectivity index (χ3v) is 7.09. The number of β-amino-alcohol motifs (C(OH)–C–C–N with tert-alkyl or cyclic N) is 1. The van der Waals surface area contributed by atoms with Gasteiger partial charge < -0.3 is 19.2 Å². The van der Waals surface area contributed by atoms with Crippen molar-refractivity contribution >= 4 is 5.91 Å². The van der Waals surface area contributed by atoms with Gasteiger partial charge in [-0.25, -0.2) is 4.98 Å². The Bertz CT molecular complexity index is 919. The molecule has 2 aromatic rings. The van der Waals surface area contributed by atoms with Gasteiger partial charge in [-0.15, -0.1) is 0 Å². The second-order valence-corrected chi connectivity index (χ2v) is 10.7. The van der Waals surface area contributed by atoms with E-state index >= 15 is 0 Å². The first-order valence-electron chi connectivity index (χ1n) is 13.4. The maximum absolute atomic E-state index is 13.0. The van der Waals surface area contributed by atoms with Crippen molar-refractivity contribution in [2.75, 3.05) is 59.0 Å². The van der Waals surface area contributed by atoms with Crippen LogP contribution < -0.4 is 0 Å². The highest BCUT2D eigenvalue weighted by Crippen LogP contribution is 2.23. The van der Waals surface area contributed by atoms with Crippen LogP contribution in [-0.4, -0.2) is 95.8 Å². The van der Waals surface area contributed by atoms with Gasteiger partial charge in [0.1, 0.15) is 6.26 Å². The molecule has 1 amide bonds. The molecule has 36 heavy (non-hydrogen) atoms. The summed E-state index contributed by atoms with van der Waals surface area (Å²) >= 11 is 0. The van der Waals surface area contributed by atoms with Crippen LogP contribution in [0.1, 0.15) is 48.6 Å². The fourth-order valence-corrected chi connectivity index (χ4v) is 5.04. The molecule has 0 radical (unpaired) electrons. The monoisotopic (exact) mass is 498 g/mol. The molecule has 4 rings (SSSR count). The maximum Gasteiger partial charge on any atom is 0.275 e. The summed E-state index contributed by atoms with van der Waals surface area (Å²) < 4.78 is 11.2. The highest BCUT2D eigenvalue weighted by atomic mass is 16.5. The van der Waals surface area contributed by atoms with Crippen molar-refractivity contribution in [1.82, 2.24) is 19.7 Å². The molecule has 8 heteroatoms. The Morgan fingerprint density at radius 2 is 1.75 bits per heavy atom. The fraction of sp³-hybridized carbons (Fsp3) is 0.643. The molecule has 0 bridgehead atoms. The number of aromatic nitrogens is 1. The van der Waals surface area contributed by atoms with Crippen molar-refractivity contribution in [1.29, 1.82) is 0 Å². The van der Waals surface area contributed by atoms with E-state index in [2.05, 4.69) is 59.0 Å². The Labute approximate surface area is 215 Å². The molecular formula is C28H42N4O4. The van der Waals surface area contributed by atoms with Gasteiger partial charge in [-0.3, -0.25) is 14.6 Å². The van der Waals surface area contributed by atoms with Crippen molar-refractivity contribution in [2.45, 2.75) is 45.8 Å². The predicted octanol–water partition coefficient (Wildman–Crippen LogP) is 2.92. The number of amides is 1. The minimum atomic E-state index is -0.459. The van der Waals surface area contributed by atoms with Crippen LogP contribution in [0.25, 0.3) is 0 Å². The normalized spacial score (nSPS) is 19.2. The van der Waals surface area contributed by atoms with E-state index in [4.69, 9.17) is 9.15 Å². The standard InChI is InChI=1S/C28H42N4O4/c1-22(2)19-35-20-25(33)17-30-12-14-31(15-13-30)18-27-29-26(21-36-27)28(34)32-10-8-24(9-11-32)16-23-6-4-3-5-7-23/h3-7,21-22,24-25,33H,8-20H2,1-2H3. The summed E-state index contributed by atoms with van der Waals surface area (Å²) in [6.07, 6.45) is 4.17. The summed E-state index contributed by atoms with van der Waals surface area (Å²) in [6.45, 7) is 11.6. The van der Waals surface area contributed by atoms with Gasteiger partial charge in [0.05, 0.1) is 19.3 Å². The van der Waals surface area contributed by atoms with Crippen molar-refractivity contribution in [3.63, 3.8) is 0 Å². The minimum Gasteiger partial charge on any atom is -0.447 e. The molecule has 1 atom stereocenters. The summed E-state index contributed by atoms with van der Waals surface area (Å²) in [4.78, 5) is 24.0. The average molecular weight is 499 g/mol. The number of piperidine rings is 1. The van der Waals surface area contributed by atoms with Gasteiger partial charge in [0, 0.05) is 52.4 Å². The number of hydrogen-bond acceptors (Lipinski definition) is 7. The Morgan fingerprint density at radius 1 is 1.06 bits per heavy atom. The highest BCUT2D eigenvalue weighted by molar-refractivity contribution is 5.92. The summed E-state index contributed by atoms with van der Waals surface area (Å²) in [5.74, 6) is 1.66. The first-order chi connectivity index (χ1) is 17.5. The van der Waals surface area contributed by atoms with Crippen LogP contribution >= 0.6 is 0 Å². The lowest BCUT2D eigenvalue weighted by Gasteiger charge is -2.35. The van der Waals surface area contributed by atoms with E-state index in [1.807, 2.05) is 4.90 Å². The van der Waals surface area contributed by atoms with Crippen LogP contribution in [0.3, 0.4) is 0 Å². The number of benzene rings is 1. The van der Waals surface area contributed by atoms with Crippen LogP contribution in [0.15, 0.2) is 41.0 Å². The molecule has 0 spiro atoms. The number of oxazole rings is 1. The van der Waals surface area contributed by atoms with Crippen molar-refractivity contribution in [3.8, 4) is 0 Å². The lowest BCUT2D eigenvalue weighted by atomic mass is 9.90.